The fourth-order valence-corrected chi connectivity index (χ4v) is 1.58. The van der Waals surface area contributed by atoms with Crippen LogP contribution in [0.1, 0.15) is 25.8 Å². The lowest BCUT2D eigenvalue weighted by Gasteiger charge is -2.12. The van der Waals surface area contributed by atoms with Crippen LogP contribution in [-0.4, -0.2) is 32.0 Å². The second kappa shape index (κ2) is 8.77. The third-order valence-electron chi connectivity index (χ3n) is 2.76. The smallest absolute Gasteiger partial charge is 0.125 e. The lowest BCUT2D eigenvalue weighted by Crippen LogP contribution is -2.09. The lowest BCUT2D eigenvalue weighted by molar-refractivity contribution is 0.0917. The summed E-state index contributed by atoms with van der Waals surface area (Å²) in [6.45, 7) is 6.08. The Balaban J connectivity index is 2.32. The molecule has 0 aliphatic rings. The normalized spacial score (nSPS) is 10.8. The lowest BCUT2D eigenvalue weighted by atomic mass is 10.1. The van der Waals surface area contributed by atoms with Crippen molar-refractivity contribution in [3.05, 3.63) is 23.8 Å². The van der Waals surface area contributed by atoms with Crippen molar-refractivity contribution in [1.82, 2.24) is 0 Å². The van der Waals surface area contributed by atoms with Crippen molar-refractivity contribution in [2.24, 2.45) is 5.92 Å². The van der Waals surface area contributed by atoms with Crippen molar-refractivity contribution in [2.75, 3.05) is 26.9 Å². The molecule has 0 fully saturated rings. The minimum absolute atomic E-state index is 0.0687. The van der Waals surface area contributed by atoms with Crippen molar-refractivity contribution in [3.63, 3.8) is 0 Å². The highest BCUT2D eigenvalue weighted by Gasteiger charge is 2.04. The Morgan fingerprint density at radius 3 is 2.58 bits per heavy atom. The molecule has 0 saturated heterocycles. The Labute approximate surface area is 115 Å². The zero-order valence-corrected chi connectivity index (χ0v) is 12.0. The quantitative estimate of drug-likeness (QED) is 0.699. The first-order valence-corrected chi connectivity index (χ1v) is 6.65. The highest BCUT2D eigenvalue weighted by Crippen LogP contribution is 2.24. The van der Waals surface area contributed by atoms with E-state index in [1.807, 2.05) is 6.07 Å². The average Bonchev–Trinajstić information content (AvgIpc) is 2.42. The molecule has 4 heteroatoms. The molecular weight excluding hydrogens is 244 g/mol. The van der Waals surface area contributed by atoms with Gasteiger partial charge in [0, 0.05) is 12.2 Å². The van der Waals surface area contributed by atoms with Crippen LogP contribution >= 0.6 is 0 Å². The van der Waals surface area contributed by atoms with Crippen LogP contribution in [0.25, 0.3) is 0 Å². The van der Waals surface area contributed by atoms with Gasteiger partial charge in [0.05, 0.1) is 20.3 Å². The maximum Gasteiger partial charge on any atom is 0.125 e. The third-order valence-corrected chi connectivity index (χ3v) is 2.76. The Hall–Kier alpha value is -1.26. The van der Waals surface area contributed by atoms with Crippen LogP contribution in [0.15, 0.2) is 18.2 Å². The van der Waals surface area contributed by atoms with Crippen molar-refractivity contribution >= 4 is 0 Å². The SMILES string of the molecule is COc1ccc(OCCOCCC(C)C)c(CO)c1. The van der Waals surface area contributed by atoms with Crippen LogP contribution < -0.4 is 9.47 Å². The average molecular weight is 268 g/mol. The van der Waals surface area contributed by atoms with E-state index in [4.69, 9.17) is 14.2 Å². The van der Waals surface area contributed by atoms with Crippen LogP contribution in [0.5, 0.6) is 11.5 Å². The summed E-state index contributed by atoms with van der Waals surface area (Å²) in [5.74, 6) is 2.05. The Morgan fingerprint density at radius 1 is 1.16 bits per heavy atom. The highest BCUT2D eigenvalue weighted by molar-refractivity contribution is 5.39. The van der Waals surface area contributed by atoms with Gasteiger partial charge in [-0.3, -0.25) is 0 Å². The second-order valence-electron chi connectivity index (χ2n) is 4.78. The van der Waals surface area contributed by atoms with Crippen LogP contribution in [0.4, 0.5) is 0 Å². The molecule has 1 aromatic rings. The molecule has 1 aromatic carbocycles. The number of hydrogen-bond acceptors (Lipinski definition) is 4. The maximum atomic E-state index is 9.27. The zero-order valence-electron chi connectivity index (χ0n) is 12.0. The molecule has 4 nitrogen and oxygen atoms in total. The largest absolute Gasteiger partial charge is 0.497 e. The van der Waals surface area contributed by atoms with E-state index in [1.165, 1.54) is 0 Å². The van der Waals surface area contributed by atoms with E-state index >= 15 is 0 Å². The number of hydrogen-bond donors (Lipinski definition) is 1. The molecule has 1 N–H and O–H groups in total. The van der Waals surface area contributed by atoms with E-state index in [1.54, 1.807) is 19.2 Å². The molecule has 19 heavy (non-hydrogen) atoms. The molecule has 0 amide bonds. The number of ether oxygens (including phenoxy) is 3. The van der Waals surface area contributed by atoms with E-state index in [2.05, 4.69) is 13.8 Å². The molecule has 0 spiro atoms. The molecule has 0 unspecified atom stereocenters. The summed E-state index contributed by atoms with van der Waals surface area (Å²) in [6.07, 6.45) is 1.06. The van der Waals surface area contributed by atoms with E-state index in [9.17, 15) is 5.11 Å². The molecule has 0 heterocycles. The van der Waals surface area contributed by atoms with Gasteiger partial charge in [-0.25, -0.2) is 0 Å². The van der Waals surface area contributed by atoms with Crippen LogP contribution in [-0.2, 0) is 11.3 Å². The van der Waals surface area contributed by atoms with Gasteiger partial charge in [0.15, 0.2) is 0 Å². The van der Waals surface area contributed by atoms with E-state index in [0.29, 0.717) is 30.6 Å². The number of rotatable bonds is 9. The first kappa shape index (κ1) is 15.8. The monoisotopic (exact) mass is 268 g/mol. The number of aliphatic hydroxyl groups is 1. The Morgan fingerprint density at radius 2 is 1.95 bits per heavy atom. The van der Waals surface area contributed by atoms with Crippen molar-refractivity contribution in [1.29, 1.82) is 0 Å². The van der Waals surface area contributed by atoms with E-state index in [-0.39, 0.29) is 6.61 Å². The topological polar surface area (TPSA) is 47.9 Å². The van der Waals surface area contributed by atoms with Gasteiger partial charge in [0.1, 0.15) is 18.1 Å². The van der Waals surface area contributed by atoms with Crippen LogP contribution in [0.2, 0.25) is 0 Å². The van der Waals surface area contributed by atoms with Crippen molar-refractivity contribution in [3.8, 4) is 11.5 Å². The van der Waals surface area contributed by atoms with Gasteiger partial charge in [-0.15, -0.1) is 0 Å². The minimum atomic E-state index is -0.0687. The van der Waals surface area contributed by atoms with Crippen LogP contribution in [0, 0.1) is 5.92 Å². The van der Waals surface area contributed by atoms with Gasteiger partial charge in [-0.2, -0.15) is 0 Å². The molecular formula is C15H24O4. The predicted octanol–water partition coefficient (Wildman–Crippen LogP) is 2.63. The molecule has 0 aliphatic heterocycles. The molecule has 0 radical (unpaired) electrons. The summed E-state index contributed by atoms with van der Waals surface area (Å²) in [6, 6.07) is 5.39. The minimum Gasteiger partial charge on any atom is -0.497 e. The van der Waals surface area contributed by atoms with Crippen molar-refractivity contribution in [2.45, 2.75) is 26.9 Å². The van der Waals surface area contributed by atoms with Gasteiger partial charge in [-0.1, -0.05) is 13.8 Å². The van der Waals surface area contributed by atoms with Gasteiger partial charge in [0.2, 0.25) is 0 Å². The van der Waals surface area contributed by atoms with Gasteiger partial charge < -0.3 is 19.3 Å². The number of benzene rings is 1. The van der Waals surface area contributed by atoms with E-state index in [0.717, 1.165) is 18.6 Å². The number of aliphatic hydroxyl groups excluding tert-OH is 1. The fourth-order valence-electron chi connectivity index (χ4n) is 1.58. The Kier molecular flexibility index (Phi) is 7.30. The second-order valence-corrected chi connectivity index (χ2v) is 4.78. The maximum absolute atomic E-state index is 9.27. The van der Waals surface area contributed by atoms with Gasteiger partial charge >= 0.3 is 0 Å². The molecule has 0 aliphatic carbocycles. The fraction of sp³-hybridized carbons (Fsp3) is 0.600. The Bertz CT molecular complexity index is 363. The third kappa shape index (κ3) is 5.94. The summed E-state index contributed by atoms with van der Waals surface area (Å²) < 4.78 is 16.2. The standard InChI is InChI=1S/C15H24O4/c1-12(2)6-7-18-8-9-19-15-5-4-14(17-3)10-13(15)11-16/h4-5,10,12,16H,6-9,11H2,1-3H3. The summed E-state index contributed by atoms with van der Waals surface area (Å²) >= 11 is 0. The van der Waals surface area contributed by atoms with Crippen molar-refractivity contribution < 1.29 is 19.3 Å². The molecule has 108 valence electrons. The highest BCUT2D eigenvalue weighted by atomic mass is 16.5. The molecule has 0 saturated carbocycles. The molecule has 0 bridgehead atoms. The predicted molar refractivity (Wildman–Crippen MR) is 74.7 cm³/mol. The first-order chi connectivity index (χ1) is 9.17. The van der Waals surface area contributed by atoms with E-state index < -0.39 is 0 Å². The molecule has 0 atom stereocenters. The summed E-state index contributed by atoms with van der Waals surface area (Å²) in [7, 11) is 1.60. The van der Waals surface area contributed by atoms with Crippen LogP contribution in [0.3, 0.4) is 0 Å². The molecule has 1 rings (SSSR count). The molecule has 0 aromatic heterocycles. The summed E-state index contributed by atoms with van der Waals surface area (Å²) in [5, 5.41) is 9.27. The summed E-state index contributed by atoms with van der Waals surface area (Å²) in [4.78, 5) is 0. The summed E-state index contributed by atoms with van der Waals surface area (Å²) in [5.41, 5.74) is 0.724. The number of methoxy groups -OCH3 is 1. The first-order valence-electron chi connectivity index (χ1n) is 6.65. The van der Waals surface area contributed by atoms with Gasteiger partial charge in [-0.05, 0) is 30.5 Å². The zero-order chi connectivity index (χ0) is 14.1. The van der Waals surface area contributed by atoms with Gasteiger partial charge in [0.25, 0.3) is 0 Å².